The lowest BCUT2D eigenvalue weighted by Gasteiger charge is -2.19. The zero-order valence-electron chi connectivity index (χ0n) is 9.57. The Labute approximate surface area is 109 Å². The molecule has 0 spiro atoms. The molecule has 6 heteroatoms. The Kier molecular flexibility index (Phi) is 2.48. The van der Waals surface area contributed by atoms with Crippen molar-refractivity contribution in [1.82, 2.24) is 0 Å². The lowest BCUT2D eigenvalue weighted by Crippen LogP contribution is -2.26. The van der Waals surface area contributed by atoms with E-state index in [2.05, 4.69) is 0 Å². The van der Waals surface area contributed by atoms with E-state index in [1.807, 2.05) is 0 Å². The highest BCUT2D eigenvalue weighted by Crippen LogP contribution is 2.41. The minimum absolute atomic E-state index is 0.193. The molecule has 1 aliphatic rings. The maximum Gasteiger partial charge on any atom is 0.265 e. The number of hydrogen-bond acceptors (Lipinski definition) is 4. The van der Waals surface area contributed by atoms with Gasteiger partial charge in [0.05, 0.1) is 10.6 Å². The van der Waals surface area contributed by atoms with Gasteiger partial charge >= 0.3 is 0 Å². The number of thiophene rings is 1. The predicted molar refractivity (Wildman–Crippen MR) is 70.4 cm³/mol. The Balaban J connectivity index is 2.40. The monoisotopic (exact) mass is 281 g/mol. The Hall–Kier alpha value is -1.37. The van der Waals surface area contributed by atoms with Gasteiger partial charge in [-0.25, -0.2) is 8.42 Å². The summed E-state index contributed by atoms with van der Waals surface area (Å²) in [4.78, 5) is 0.672. The molecular weight excluding hydrogens is 270 g/mol. The number of anilines is 1. The number of para-hydroxylation sites is 1. The van der Waals surface area contributed by atoms with E-state index < -0.39 is 16.1 Å². The van der Waals surface area contributed by atoms with Crippen molar-refractivity contribution in [2.24, 2.45) is 0 Å². The van der Waals surface area contributed by atoms with Crippen LogP contribution < -0.4 is 4.31 Å². The van der Waals surface area contributed by atoms with Gasteiger partial charge in [0.1, 0.15) is 11.0 Å². The van der Waals surface area contributed by atoms with E-state index in [0.29, 0.717) is 16.1 Å². The molecule has 1 aromatic carbocycles. The maximum absolute atomic E-state index is 12.4. The number of rotatable bonds is 0. The summed E-state index contributed by atoms with van der Waals surface area (Å²) in [7, 11) is -2.07. The van der Waals surface area contributed by atoms with Gasteiger partial charge in [-0.15, -0.1) is 11.3 Å². The molecule has 18 heavy (non-hydrogen) atoms. The van der Waals surface area contributed by atoms with Crippen LogP contribution in [0.25, 0.3) is 0 Å². The van der Waals surface area contributed by atoms with E-state index in [1.165, 1.54) is 22.7 Å². The summed E-state index contributed by atoms with van der Waals surface area (Å²) in [6, 6.07) is 8.55. The number of aliphatic hydroxyl groups excluding tert-OH is 1. The first-order valence-corrected chi connectivity index (χ1v) is 7.69. The molecule has 0 saturated carbocycles. The van der Waals surface area contributed by atoms with Crippen molar-refractivity contribution in [3.05, 3.63) is 46.2 Å². The Morgan fingerprint density at radius 1 is 1.28 bits per heavy atom. The molecule has 94 valence electrons. The molecule has 0 fully saturated rings. The van der Waals surface area contributed by atoms with Crippen LogP contribution in [0.4, 0.5) is 5.69 Å². The lowest BCUT2D eigenvalue weighted by atomic mass is 10.1. The SMILES string of the molecule is CN1c2ccccc2C(O)c2sccc2S1(=O)=O. The van der Waals surface area contributed by atoms with Gasteiger partial charge in [0.15, 0.2) is 0 Å². The largest absolute Gasteiger partial charge is 0.383 e. The third kappa shape index (κ3) is 1.43. The fourth-order valence-electron chi connectivity index (χ4n) is 2.15. The Morgan fingerprint density at radius 2 is 2.00 bits per heavy atom. The number of hydrogen-bond donors (Lipinski definition) is 1. The van der Waals surface area contributed by atoms with Gasteiger partial charge in [0.25, 0.3) is 10.0 Å². The molecule has 2 heterocycles. The third-order valence-corrected chi connectivity index (χ3v) is 6.04. The molecule has 3 rings (SSSR count). The summed E-state index contributed by atoms with van der Waals surface area (Å²) in [6.07, 6.45) is -0.893. The molecule has 1 N–H and O–H groups in total. The quantitative estimate of drug-likeness (QED) is 0.803. The van der Waals surface area contributed by atoms with E-state index in [4.69, 9.17) is 0 Å². The number of benzene rings is 1. The van der Waals surface area contributed by atoms with Crippen LogP contribution in [0.2, 0.25) is 0 Å². The molecule has 4 nitrogen and oxygen atoms in total. The number of sulfonamides is 1. The molecule has 2 aromatic rings. The van der Waals surface area contributed by atoms with Crippen molar-refractivity contribution < 1.29 is 13.5 Å². The summed E-state index contributed by atoms with van der Waals surface area (Å²) in [5.74, 6) is 0. The van der Waals surface area contributed by atoms with Crippen LogP contribution >= 0.6 is 11.3 Å². The third-order valence-electron chi connectivity index (χ3n) is 3.11. The average molecular weight is 281 g/mol. The molecule has 0 saturated heterocycles. The van der Waals surface area contributed by atoms with Gasteiger partial charge < -0.3 is 5.11 Å². The highest BCUT2D eigenvalue weighted by atomic mass is 32.2. The van der Waals surface area contributed by atoms with E-state index in [9.17, 15) is 13.5 Å². The topological polar surface area (TPSA) is 57.6 Å². The van der Waals surface area contributed by atoms with Crippen molar-refractivity contribution in [1.29, 1.82) is 0 Å². The van der Waals surface area contributed by atoms with Gasteiger partial charge in [0.2, 0.25) is 0 Å². The van der Waals surface area contributed by atoms with Crippen molar-refractivity contribution in [2.45, 2.75) is 11.0 Å². The van der Waals surface area contributed by atoms with Gasteiger partial charge in [-0.3, -0.25) is 4.31 Å². The standard InChI is InChI=1S/C12H11NO3S2/c1-13-9-5-3-2-4-8(9)11(14)12-10(6-7-17-12)18(13,15)16/h2-7,11,14H,1H3. The first-order chi connectivity index (χ1) is 8.53. The first-order valence-electron chi connectivity index (χ1n) is 5.37. The van der Waals surface area contributed by atoms with E-state index in [1.54, 1.807) is 35.7 Å². The van der Waals surface area contributed by atoms with Gasteiger partial charge in [0, 0.05) is 12.6 Å². The van der Waals surface area contributed by atoms with Crippen LogP contribution in [0.3, 0.4) is 0 Å². The summed E-state index contributed by atoms with van der Waals surface area (Å²) < 4.78 is 26.1. The Morgan fingerprint density at radius 3 is 2.78 bits per heavy atom. The van der Waals surface area contributed by atoms with Crippen LogP contribution in [0, 0.1) is 0 Å². The van der Waals surface area contributed by atoms with Crippen molar-refractivity contribution in [3.63, 3.8) is 0 Å². The summed E-state index contributed by atoms with van der Waals surface area (Å²) in [5.41, 5.74) is 1.14. The second-order valence-electron chi connectivity index (χ2n) is 4.08. The van der Waals surface area contributed by atoms with Crippen LogP contribution in [0.5, 0.6) is 0 Å². The Bertz CT molecular complexity index is 706. The van der Waals surface area contributed by atoms with E-state index in [0.717, 1.165) is 0 Å². The highest BCUT2D eigenvalue weighted by Gasteiger charge is 2.34. The second-order valence-corrected chi connectivity index (χ2v) is 6.97. The molecule has 1 unspecified atom stereocenters. The summed E-state index contributed by atoms with van der Waals surface area (Å²) in [6.45, 7) is 0. The maximum atomic E-state index is 12.4. The zero-order valence-corrected chi connectivity index (χ0v) is 11.2. The molecule has 0 radical (unpaired) electrons. The predicted octanol–water partition coefficient (Wildman–Crippen LogP) is 1.97. The summed E-state index contributed by atoms with van der Waals surface area (Å²) in [5, 5.41) is 12.0. The van der Waals surface area contributed by atoms with Crippen LogP contribution in [0.15, 0.2) is 40.6 Å². The molecular formula is C12H11NO3S2. The van der Waals surface area contributed by atoms with E-state index in [-0.39, 0.29) is 4.90 Å². The molecule has 1 aromatic heterocycles. The van der Waals surface area contributed by atoms with Crippen molar-refractivity contribution in [2.75, 3.05) is 11.4 Å². The molecule has 1 atom stereocenters. The van der Waals surface area contributed by atoms with Crippen LogP contribution in [0.1, 0.15) is 16.5 Å². The van der Waals surface area contributed by atoms with Crippen molar-refractivity contribution >= 4 is 27.0 Å². The molecule has 0 bridgehead atoms. The fourth-order valence-corrected chi connectivity index (χ4v) is 4.81. The molecule has 0 aliphatic carbocycles. The van der Waals surface area contributed by atoms with Crippen LogP contribution in [-0.2, 0) is 10.0 Å². The minimum Gasteiger partial charge on any atom is -0.383 e. The summed E-state index contributed by atoms with van der Waals surface area (Å²) >= 11 is 1.26. The number of aliphatic hydroxyl groups is 1. The average Bonchev–Trinajstić information content (AvgIpc) is 2.84. The molecule has 0 amide bonds. The normalized spacial score (nSPS) is 21.0. The van der Waals surface area contributed by atoms with Crippen molar-refractivity contribution in [3.8, 4) is 0 Å². The second kappa shape index (κ2) is 3.81. The van der Waals surface area contributed by atoms with Gasteiger partial charge in [-0.2, -0.15) is 0 Å². The highest BCUT2D eigenvalue weighted by molar-refractivity contribution is 7.93. The number of nitrogens with zero attached hydrogens (tertiary/aromatic N) is 1. The van der Waals surface area contributed by atoms with Gasteiger partial charge in [-0.1, -0.05) is 18.2 Å². The zero-order chi connectivity index (χ0) is 12.9. The molecule has 1 aliphatic heterocycles. The smallest absolute Gasteiger partial charge is 0.265 e. The van der Waals surface area contributed by atoms with E-state index >= 15 is 0 Å². The van der Waals surface area contributed by atoms with Crippen LogP contribution in [-0.4, -0.2) is 20.6 Å². The lowest BCUT2D eigenvalue weighted by molar-refractivity contribution is 0.222. The fraction of sp³-hybridized carbons (Fsp3) is 0.167. The first kappa shape index (κ1) is 11.7. The number of fused-ring (bicyclic) bond motifs is 2. The van der Waals surface area contributed by atoms with Gasteiger partial charge in [-0.05, 0) is 17.5 Å². The minimum atomic E-state index is -3.58.